The van der Waals surface area contributed by atoms with Crippen LogP contribution in [0.2, 0.25) is 0 Å². The number of ether oxygens (including phenoxy) is 2. The molecule has 0 saturated carbocycles. The van der Waals surface area contributed by atoms with Gasteiger partial charge in [0, 0.05) is 18.8 Å². The van der Waals surface area contributed by atoms with Crippen molar-refractivity contribution in [1.82, 2.24) is 0 Å². The molecule has 0 aromatic carbocycles. The molecule has 0 bridgehead atoms. The van der Waals surface area contributed by atoms with E-state index in [1.54, 1.807) is 0 Å². The van der Waals surface area contributed by atoms with Crippen LogP contribution in [0.15, 0.2) is 23.2 Å². The minimum absolute atomic E-state index is 0.0313. The quantitative estimate of drug-likeness (QED) is 0.732. The van der Waals surface area contributed by atoms with E-state index < -0.39 is 0 Å². The summed E-state index contributed by atoms with van der Waals surface area (Å²) in [5.74, 6) is 1.69. The summed E-state index contributed by atoms with van der Waals surface area (Å²) < 4.78 is 11.9. The van der Waals surface area contributed by atoms with Crippen LogP contribution in [0.25, 0.3) is 0 Å². The second kappa shape index (κ2) is 4.40. The Morgan fingerprint density at radius 1 is 1.53 bits per heavy atom. The molecule has 17 heavy (non-hydrogen) atoms. The molecule has 2 rings (SSSR count). The van der Waals surface area contributed by atoms with Crippen molar-refractivity contribution in [2.75, 3.05) is 0 Å². The van der Waals surface area contributed by atoms with Crippen LogP contribution in [0, 0.1) is 5.92 Å². The molecule has 1 aliphatic carbocycles. The molecule has 3 unspecified atom stereocenters. The van der Waals surface area contributed by atoms with Crippen LogP contribution >= 0.6 is 0 Å². The summed E-state index contributed by atoms with van der Waals surface area (Å²) in [6.45, 7) is 10.9. The lowest BCUT2D eigenvalue weighted by atomic mass is 9.74. The highest BCUT2D eigenvalue weighted by molar-refractivity contribution is 5.26. The molecule has 0 saturated heterocycles. The van der Waals surface area contributed by atoms with E-state index in [1.165, 1.54) is 16.9 Å². The maximum atomic E-state index is 6.05. The van der Waals surface area contributed by atoms with Crippen LogP contribution < -0.4 is 0 Å². The summed E-state index contributed by atoms with van der Waals surface area (Å²) in [5, 5.41) is 0. The first kappa shape index (κ1) is 12.5. The van der Waals surface area contributed by atoms with Gasteiger partial charge in [0.05, 0.1) is 18.1 Å². The van der Waals surface area contributed by atoms with E-state index in [9.17, 15) is 0 Å². The van der Waals surface area contributed by atoms with E-state index in [-0.39, 0.29) is 5.60 Å². The smallest absolute Gasteiger partial charge is 0.116 e. The van der Waals surface area contributed by atoms with Gasteiger partial charge < -0.3 is 9.47 Å². The largest absolute Gasteiger partial charge is 0.495 e. The number of allylic oxidation sites excluding steroid dienone is 1. The molecule has 2 nitrogen and oxygen atoms in total. The average Bonchev–Trinajstić information content (AvgIpc) is 2.56. The van der Waals surface area contributed by atoms with Gasteiger partial charge in [-0.2, -0.15) is 0 Å². The van der Waals surface area contributed by atoms with Gasteiger partial charge in [0.1, 0.15) is 5.60 Å². The van der Waals surface area contributed by atoms with Gasteiger partial charge in [-0.05, 0) is 45.3 Å². The highest BCUT2D eigenvalue weighted by atomic mass is 16.5. The van der Waals surface area contributed by atoms with Crippen molar-refractivity contribution in [3.63, 3.8) is 0 Å². The summed E-state index contributed by atoms with van der Waals surface area (Å²) in [6.07, 6.45) is 5.29. The highest BCUT2D eigenvalue weighted by Crippen LogP contribution is 2.47. The molecule has 0 N–H and O–H groups in total. The Bertz CT molecular complexity index is 367. The van der Waals surface area contributed by atoms with E-state index in [0.29, 0.717) is 12.0 Å². The van der Waals surface area contributed by atoms with Gasteiger partial charge in [-0.15, -0.1) is 0 Å². The lowest BCUT2D eigenvalue weighted by Gasteiger charge is -2.38. The molecule has 1 heterocycles. The Morgan fingerprint density at radius 3 is 2.88 bits per heavy atom. The Labute approximate surface area is 105 Å². The fourth-order valence-corrected chi connectivity index (χ4v) is 2.87. The minimum atomic E-state index is -0.0313. The summed E-state index contributed by atoms with van der Waals surface area (Å²) in [4.78, 5) is 0. The van der Waals surface area contributed by atoms with Gasteiger partial charge in [-0.25, -0.2) is 0 Å². The lowest BCUT2D eigenvalue weighted by molar-refractivity contribution is 0.00258. The average molecular weight is 236 g/mol. The van der Waals surface area contributed by atoms with E-state index in [1.807, 2.05) is 6.26 Å². The molecule has 0 amide bonds. The van der Waals surface area contributed by atoms with Crippen molar-refractivity contribution in [2.24, 2.45) is 5.92 Å². The standard InChI is InChI=1S/C15H24O2/c1-6-12(4)17-14-7-13-11(3)9-16-15(13,5)8-10(14)2/h9,12-13H,6-8H2,1-5H3. The first-order valence-electron chi connectivity index (χ1n) is 6.66. The molecule has 2 heteroatoms. The van der Waals surface area contributed by atoms with Gasteiger partial charge in [0.25, 0.3) is 0 Å². The van der Waals surface area contributed by atoms with Gasteiger partial charge in [0.15, 0.2) is 0 Å². The van der Waals surface area contributed by atoms with Crippen molar-refractivity contribution >= 4 is 0 Å². The Hall–Kier alpha value is -0.920. The summed E-state index contributed by atoms with van der Waals surface area (Å²) in [7, 11) is 0. The monoisotopic (exact) mass is 236 g/mol. The Morgan fingerprint density at radius 2 is 2.24 bits per heavy atom. The van der Waals surface area contributed by atoms with Gasteiger partial charge in [-0.1, -0.05) is 6.92 Å². The van der Waals surface area contributed by atoms with Crippen molar-refractivity contribution in [1.29, 1.82) is 0 Å². The van der Waals surface area contributed by atoms with E-state index in [2.05, 4.69) is 34.6 Å². The number of rotatable bonds is 3. The van der Waals surface area contributed by atoms with Gasteiger partial charge in [0.2, 0.25) is 0 Å². The van der Waals surface area contributed by atoms with E-state index >= 15 is 0 Å². The van der Waals surface area contributed by atoms with E-state index in [4.69, 9.17) is 9.47 Å². The third kappa shape index (κ3) is 2.22. The molecule has 2 aliphatic rings. The molecule has 96 valence electrons. The van der Waals surface area contributed by atoms with Crippen molar-refractivity contribution in [3.05, 3.63) is 23.2 Å². The number of hydrogen-bond acceptors (Lipinski definition) is 2. The van der Waals surface area contributed by atoms with Crippen molar-refractivity contribution in [3.8, 4) is 0 Å². The SMILES string of the molecule is CCC(C)OC1=C(C)CC2(C)OC=C(C)C2C1. The first-order chi connectivity index (χ1) is 7.96. The Kier molecular flexibility index (Phi) is 3.24. The molecule has 3 atom stereocenters. The molecule has 0 aromatic heterocycles. The summed E-state index contributed by atoms with van der Waals surface area (Å²) in [6, 6.07) is 0. The maximum Gasteiger partial charge on any atom is 0.116 e. The third-order valence-electron chi connectivity index (χ3n) is 4.20. The van der Waals surface area contributed by atoms with Crippen molar-refractivity contribution in [2.45, 2.75) is 65.6 Å². The zero-order chi connectivity index (χ0) is 12.6. The van der Waals surface area contributed by atoms with Crippen LogP contribution in [0.4, 0.5) is 0 Å². The van der Waals surface area contributed by atoms with Crippen LogP contribution in [0.3, 0.4) is 0 Å². The summed E-state index contributed by atoms with van der Waals surface area (Å²) >= 11 is 0. The zero-order valence-corrected chi connectivity index (χ0v) is 11.7. The van der Waals surface area contributed by atoms with Crippen LogP contribution in [-0.4, -0.2) is 11.7 Å². The van der Waals surface area contributed by atoms with Gasteiger partial charge >= 0.3 is 0 Å². The predicted octanol–water partition coefficient (Wildman–Crippen LogP) is 4.18. The topological polar surface area (TPSA) is 18.5 Å². The minimum Gasteiger partial charge on any atom is -0.495 e. The molecule has 0 fully saturated rings. The zero-order valence-electron chi connectivity index (χ0n) is 11.7. The molecular formula is C15H24O2. The second-order valence-corrected chi connectivity index (χ2v) is 5.77. The Balaban J connectivity index is 2.16. The maximum absolute atomic E-state index is 6.05. The molecule has 0 radical (unpaired) electrons. The molecule has 0 aromatic rings. The van der Waals surface area contributed by atoms with Crippen LogP contribution in [0.1, 0.15) is 53.9 Å². The fourth-order valence-electron chi connectivity index (χ4n) is 2.87. The molecular weight excluding hydrogens is 212 g/mol. The van der Waals surface area contributed by atoms with Crippen LogP contribution in [-0.2, 0) is 9.47 Å². The third-order valence-corrected chi connectivity index (χ3v) is 4.20. The molecule has 0 spiro atoms. The lowest BCUT2D eigenvalue weighted by Crippen LogP contribution is -2.37. The fraction of sp³-hybridized carbons (Fsp3) is 0.733. The molecule has 1 aliphatic heterocycles. The van der Waals surface area contributed by atoms with E-state index in [0.717, 1.165) is 19.3 Å². The normalized spacial score (nSPS) is 33.9. The van der Waals surface area contributed by atoms with Crippen molar-refractivity contribution < 1.29 is 9.47 Å². The number of fused-ring (bicyclic) bond motifs is 1. The van der Waals surface area contributed by atoms with Crippen LogP contribution in [0.5, 0.6) is 0 Å². The van der Waals surface area contributed by atoms with Gasteiger partial charge in [-0.3, -0.25) is 0 Å². The number of hydrogen-bond donors (Lipinski definition) is 0. The first-order valence-corrected chi connectivity index (χ1v) is 6.66. The summed E-state index contributed by atoms with van der Waals surface area (Å²) in [5.41, 5.74) is 2.67. The highest BCUT2D eigenvalue weighted by Gasteiger charge is 2.45. The predicted molar refractivity (Wildman–Crippen MR) is 69.5 cm³/mol. The second-order valence-electron chi connectivity index (χ2n) is 5.77.